The van der Waals surface area contributed by atoms with Crippen LogP contribution in [0, 0.1) is 11.3 Å². The number of likely N-dealkylation sites (tertiary alicyclic amines) is 1. The first kappa shape index (κ1) is 17.5. The van der Waals surface area contributed by atoms with Crippen molar-refractivity contribution in [3.05, 3.63) is 0 Å². The molecule has 1 heterocycles. The van der Waals surface area contributed by atoms with Gasteiger partial charge in [0.2, 0.25) is 0 Å². The Kier molecular flexibility index (Phi) is 5.72. The largest absolute Gasteiger partial charge is 0.392 e. The minimum absolute atomic E-state index is 0.103. The first-order chi connectivity index (χ1) is 10.3. The first-order valence-electron chi connectivity index (χ1n) is 8.76. The Morgan fingerprint density at radius 1 is 1.23 bits per heavy atom. The van der Waals surface area contributed by atoms with E-state index >= 15 is 0 Å². The van der Waals surface area contributed by atoms with E-state index in [-0.39, 0.29) is 23.4 Å². The van der Waals surface area contributed by atoms with Gasteiger partial charge in [-0.15, -0.1) is 0 Å². The molecule has 1 saturated heterocycles. The smallest absolute Gasteiger partial charge is 0.315 e. The summed E-state index contributed by atoms with van der Waals surface area (Å²) in [6, 6.07) is 1.01. The van der Waals surface area contributed by atoms with Gasteiger partial charge in [-0.1, -0.05) is 27.7 Å². The summed E-state index contributed by atoms with van der Waals surface area (Å²) < 4.78 is 0. The van der Waals surface area contributed by atoms with Gasteiger partial charge < -0.3 is 20.6 Å². The number of nitrogens with zero attached hydrogens (tertiary/aromatic N) is 1. The summed E-state index contributed by atoms with van der Waals surface area (Å²) >= 11 is 0. The highest BCUT2D eigenvalue weighted by molar-refractivity contribution is 5.74. The number of amides is 2. The highest BCUT2D eigenvalue weighted by Gasteiger charge is 2.33. The van der Waals surface area contributed by atoms with Gasteiger partial charge in [0.1, 0.15) is 0 Å². The fourth-order valence-electron chi connectivity index (χ4n) is 3.40. The molecule has 0 aromatic rings. The molecule has 0 aromatic heterocycles. The van der Waals surface area contributed by atoms with E-state index in [2.05, 4.69) is 15.5 Å². The summed E-state index contributed by atoms with van der Waals surface area (Å²) in [5, 5.41) is 16.2. The molecule has 2 aliphatic rings. The van der Waals surface area contributed by atoms with Crippen molar-refractivity contribution in [3.63, 3.8) is 0 Å². The summed E-state index contributed by atoms with van der Waals surface area (Å²) in [6.07, 6.45) is 4.37. The van der Waals surface area contributed by atoms with Crippen LogP contribution in [0.2, 0.25) is 0 Å². The monoisotopic (exact) mass is 311 g/mol. The maximum atomic E-state index is 12.1. The van der Waals surface area contributed by atoms with Crippen LogP contribution in [-0.2, 0) is 0 Å². The normalized spacial score (nSPS) is 22.6. The summed E-state index contributed by atoms with van der Waals surface area (Å²) in [7, 11) is 0. The zero-order chi connectivity index (χ0) is 16.3. The van der Waals surface area contributed by atoms with Gasteiger partial charge in [0.15, 0.2) is 0 Å². The number of nitrogens with one attached hydrogen (secondary N) is 2. The number of carbonyl (C=O) groups excluding carboxylic acids is 1. The van der Waals surface area contributed by atoms with E-state index in [4.69, 9.17) is 0 Å². The molecular weight excluding hydrogens is 278 g/mol. The Morgan fingerprint density at radius 2 is 1.82 bits per heavy atom. The molecular formula is C17H33N3O2. The SMILES string of the molecule is CC(C)C(O)C(C)(C)CNC(=O)NC1CCN(C2CC2)CC1. The highest BCUT2D eigenvalue weighted by atomic mass is 16.3. The maximum Gasteiger partial charge on any atom is 0.315 e. The molecule has 22 heavy (non-hydrogen) atoms. The molecule has 1 saturated carbocycles. The summed E-state index contributed by atoms with van der Waals surface area (Å²) in [5.41, 5.74) is -0.319. The lowest BCUT2D eigenvalue weighted by Gasteiger charge is -2.34. The van der Waals surface area contributed by atoms with Crippen LogP contribution in [0.4, 0.5) is 4.79 Å². The molecule has 5 heteroatoms. The third-order valence-corrected chi connectivity index (χ3v) is 5.06. The standard InChI is InChI=1S/C17H33N3O2/c1-12(2)15(21)17(3,4)11-18-16(22)19-13-7-9-20(10-8-13)14-5-6-14/h12-15,21H,5-11H2,1-4H3,(H2,18,19,22). The Morgan fingerprint density at radius 3 is 2.32 bits per heavy atom. The number of hydrogen-bond acceptors (Lipinski definition) is 3. The Labute approximate surface area is 134 Å². The Bertz CT molecular complexity index is 372. The molecule has 2 rings (SSSR count). The van der Waals surface area contributed by atoms with Crippen LogP contribution in [0.15, 0.2) is 0 Å². The lowest BCUT2D eigenvalue weighted by Crippen LogP contribution is -2.51. The number of rotatable bonds is 6. The van der Waals surface area contributed by atoms with Crippen LogP contribution in [0.25, 0.3) is 0 Å². The summed E-state index contributed by atoms with van der Waals surface area (Å²) in [5.74, 6) is 0.187. The van der Waals surface area contributed by atoms with Crippen LogP contribution in [-0.4, -0.2) is 53.9 Å². The van der Waals surface area contributed by atoms with Gasteiger partial charge in [-0.25, -0.2) is 4.79 Å². The zero-order valence-electron chi connectivity index (χ0n) is 14.6. The van der Waals surface area contributed by atoms with Gasteiger partial charge in [0, 0.05) is 37.1 Å². The van der Waals surface area contributed by atoms with Gasteiger partial charge in [-0.3, -0.25) is 0 Å². The third-order valence-electron chi connectivity index (χ3n) is 5.06. The molecule has 0 radical (unpaired) electrons. The minimum Gasteiger partial charge on any atom is -0.392 e. The quantitative estimate of drug-likeness (QED) is 0.702. The molecule has 2 fully saturated rings. The first-order valence-corrected chi connectivity index (χ1v) is 8.76. The van der Waals surface area contributed by atoms with Crippen LogP contribution in [0.3, 0.4) is 0 Å². The molecule has 0 bridgehead atoms. The van der Waals surface area contributed by atoms with Crippen LogP contribution < -0.4 is 10.6 Å². The predicted octanol–water partition coefficient (Wildman–Crippen LogP) is 1.96. The third kappa shape index (κ3) is 4.85. The van der Waals surface area contributed by atoms with Crippen molar-refractivity contribution in [1.29, 1.82) is 0 Å². The van der Waals surface area contributed by atoms with Crippen LogP contribution in [0.1, 0.15) is 53.4 Å². The Balaban J connectivity index is 1.67. The Hall–Kier alpha value is -0.810. The maximum absolute atomic E-state index is 12.1. The van der Waals surface area contributed by atoms with Gasteiger partial charge in [0.25, 0.3) is 0 Å². The number of hydrogen-bond donors (Lipinski definition) is 3. The van der Waals surface area contributed by atoms with E-state index in [1.54, 1.807) is 0 Å². The lowest BCUT2D eigenvalue weighted by atomic mass is 9.81. The van der Waals surface area contributed by atoms with Crippen molar-refractivity contribution in [1.82, 2.24) is 15.5 Å². The molecule has 1 atom stereocenters. The topological polar surface area (TPSA) is 64.6 Å². The van der Waals surface area contributed by atoms with E-state index in [9.17, 15) is 9.90 Å². The van der Waals surface area contributed by atoms with E-state index in [0.717, 1.165) is 32.0 Å². The van der Waals surface area contributed by atoms with Crippen molar-refractivity contribution < 1.29 is 9.90 Å². The van der Waals surface area contributed by atoms with Crippen LogP contribution >= 0.6 is 0 Å². The second kappa shape index (κ2) is 7.18. The lowest BCUT2D eigenvalue weighted by molar-refractivity contribution is 0.0151. The van der Waals surface area contributed by atoms with Gasteiger partial charge in [-0.2, -0.15) is 0 Å². The van der Waals surface area contributed by atoms with E-state index in [1.807, 2.05) is 27.7 Å². The number of urea groups is 1. The second-order valence-corrected chi connectivity index (χ2v) is 8.05. The number of carbonyl (C=O) groups is 1. The zero-order valence-corrected chi connectivity index (χ0v) is 14.6. The average Bonchev–Trinajstić information content (AvgIpc) is 3.30. The molecule has 1 aliphatic heterocycles. The van der Waals surface area contributed by atoms with E-state index in [0.29, 0.717) is 6.54 Å². The van der Waals surface area contributed by atoms with E-state index in [1.165, 1.54) is 12.8 Å². The molecule has 2 amide bonds. The summed E-state index contributed by atoms with van der Waals surface area (Å²) in [4.78, 5) is 14.6. The number of piperidine rings is 1. The molecule has 128 valence electrons. The molecule has 3 N–H and O–H groups in total. The fraction of sp³-hybridized carbons (Fsp3) is 0.941. The second-order valence-electron chi connectivity index (χ2n) is 8.05. The molecule has 1 aliphatic carbocycles. The number of aliphatic hydroxyl groups is 1. The van der Waals surface area contributed by atoms with Crippen molar-refractivity contribution in [2.45, 2.75) is 71.6 Å². The fourth-order valence-corrected chi connectivity index (χ4v) is 3.40. The highest BCUT2D eigenvalue weighted by Crippen LogP contribution is 2.29. The van der Waals surface area contributed by atoms with Gasteiger partial charge in [0.05, 0.1) is 6.10 Å². The molecule has 0 aromatic carbocycles. The van der Waals surface area contributed by atoms with Crippen molar-refractivity contribution in [2.24, 2.45) is 11.3 Å². The van der Waals surface area contributed by atoms with Crippen LogP contribution in [0.5, 0.6) is 0 Å². The molecule has 1 unspecified atom stereocenters. The molecule has 0 spiro atoms. The minimum atomic E-state index is -0.422. The van der Waals surface area contributed by atoms with Crippen molar-refractivity contribution in [3.8, 4) is 0 Å². The summed E-state index contributed by atoms with van der Waals surface area (Å²) in [6.45, 7) is 10.7. The van der Waals surface area contributed by atoms with Gasteiger partial charge in [-0.05, 0) is 31.6 Å². The van der Waals surface area contributed by atoms with Crippen molar-refractivity contribution >= 4 is 6.03 Å². The molecule has 5 nitrogen and oxygen atoms in total. The van der Waals surface area contributed by atoms with Gasteiger partial charge >= 0.3 is 6.03 Å². The predicted molar refractivity (Wildman–Crippen MR) is 88.8 cm³/mol. The number of aliphatic hydroxyl groups excluding tert-OH is 1. The van der Waals surface area contributed by atoms with E-state index < -0.39 is 6.10 Å². The van der Waals surface area contributed by atoms with Crippen molar-refractivity contribution in [2.75, 3.05) is 19.6 Å². The average molecular weight is 311 g/mol.